The van der Waals surface area contributed by atoms with Gasteiger partial charge in [-0.2, -0.15) is 0 Å². The third kappa shape index (κ3) is 4.49. The van der Waals surface area contributed by atoms with E-state index >= 15 is 0 Å². The Bertz CT molecular complexity index is 880. The summed E-state index contributed by atoms with van der Waals surface area (Å²) in [6, 6.07) is 5.46. The van der Waals surface area contributed by atoms with Crippen molar-refractivity contribution in [2.24, 2.45) is 0 Å². The van der Waals surface area contributed by atoms with Crippen LogP contribution in [0.25, 0.3) is 11.5 Å². The molecule has 8 heteroatoms. The number of carbonyl (C=O) groups is 1. The molecule has 0 spiro atoms. The SMILES string of the molecule is C[C@H](Sc1nnc(-c2ccc3c(c2)OCO3)o1)C(=O)NCCC1=CCCCC1. The van der Waals surface area contributed by atoms with Gasteiger partial charge in [-0.3, -0.25) is 4.79 Å². The van der Waals surface area contributed by atoms with Crippen LogP contribution < -0.4 is 14.8 Å². The number of ether oxygens (including phenoxy) is 2. The van der Waals surface area contributed by atoms with Gasteiger partial charge in [0.05, 0.1) is 5.25 Å². The Balaban J connectivity index is 1.29. The maximum absolute atomic E-state index is 12.3. The number of rotatable bonds is 7. The maximum atomic E-state index is 12.3. The van der Waals surface area contributed by atoms with Crippen molar-refractivity contribution in [1.29, 1.82) is 0 Å². The summed E-state index contributed by atoms with van der Waals surface area (Å²) in [5.74, 6) is 1.72. The van der Waals surface area contributed by atoms with E-state index in [0.717, 1.165) is 18.4 Å². The standard InChI is InChI=1S/C20H23N3O4S/c1-13(18(24)21-10-9-14-5-3-2-4-6-14)28-20-23-22-19(27-20)15-7-8-16-17(11-15)26-12-25-16/h5,7-8,11,13H,2-4,6,9-10,12H2,1H3,(H,21,24)/t13-/m0/s1. The van der Waals surface area contributed by atoms with Crippen LogP contribution in [0.4, 0.5) is 0 Å². The van der Waals surface area contributed by atoms with Gasteiger partial charge in [-0.1, -0.05) is 23.4 Å². The number of hydrogen-bond acceptors (Lipinski definition) is 7. The maximum Gasteiger partial charge on any atom is 0.277 e. The third-order valence-corrected chi connectivity index (χ3v) is 5.74. The summed E-state index contributed by atoms with van der Waals surface area (Å²) in [5, 5.41) is 11.2. The second-order valence-corrected chi connectivity index (χ2v) is 8.14. The Morgan fingerprint density at radius 2 is 2.14 bits per heavy atom. The average Bonchev–Trinajstić information content (AvgIpc) is 3.37. The van der Waals surface area contributed by atoms with Crippen LogP contribution >= 0.6 is 11.8 Å². The van der Waals surface area contributed by atoms with Crippen molar-refractivity contribution in [3.05, 3.63) is 29.8 Å². The predicted octanol–water partition coefficient (Wildman–Crippen LogP) is 3.95. The number of benzene rings is 1. The van der Waals surface area contributed by atoms with Gasteiger partial charge in [-0.15, -0.1) is 10.2 Å². The molecule has 2 aromatic rings. The van der Waals surface area contributed by atoms with Gasteiger partial charge in [0, 0.05) is 12.1 Å². The Hall–Kier alpha value is -2.48. The molecule has 1 amide bonds. The highest BCUT2D eigenvalue weighted by Gasteiger charge is 2.20. The van der Waals surface area contributed by atoms with E-state index in [2.05, 4.69) is 21.6 Å². The van der Waals surface area contributed by atoms with E-state index in [1.54, 1.807) is 6.07 Å². The van der Waals surface area contributed by atoms with Crippen molar-refractivity contribution in [3.63, 3.8) is 0 Å². The summed E-state index contributed by atoms with van der Waals surface area (Å²) in [6.07, 6.45) is 8.10. The molecule has 1 atom stereocenters. The topological polar surface area (TPSA) is 86.5 Å². The molecule has 0 radical (unpaired) electrons. The molecular weight excluding hydrogens is 378 g/mol. The van der Waals surface area contributed by atoms with Crippen LogP contribution in [-0.4, -0.2) is 34.7 Å². The Labute approximate surface area is 167 Å². The molecular formula is C20H23N3O4S. The molecule has 1 aromatic carbocycles. The number of fused-ring (bicyclic) bond motifs is 1. The minimum Gasteiger partial charge on any atom is -0.454 e. The zero-order valence-electron chi connectivity index (χ0n) is 15.8. The molecule has 0 fully saturated rings. The van der Waals surface area contributed by atoms with Gasteiger partial charge in [0.1, 0.15) is 0 Å². The van der Waals surface area contributed by atoms with Crippen LogP contribution in [-0.2, 0) is 4.79 Å². The Morgan fingerprint density at radius 3 is 3.00 bits per heavy atom. The Morgan fingerprint density at radius 1 is 1.25 bits per heavy atom. The smallest absolute Gasteiger partial charge is 0.277 e. The molecule has 0 saturated heterocycles. The average molecular weight is 401 g/mol. The van der Waals surface area contributed by atoms with Crippen LogP contribution in [0.15, 0.2) is 39.5 Å². The number of hydrogen-bond donors (Lipinski definition) is 1. The van der Waals surface area contributed by atoms with Gasteiger partial charge in [0.25, 0.3) is 5.22 Å². The number of aromatic nitrogens is 2. The monoisotopic (exact) mass is 401 g/mol. The summed E-state index contributed by atoms with van der Waals surface area (Å²) >= 11 is 1.26. The summed E-state index contributed by atoms with van der Waals surface area (Å²) in [5.41, 5.74) is 2.21. The molecule has 1 aliphatic heterocycles. The fraction of sp³-hybridized carbons (Fsp3) is 0.450. The molecule has 148 valence electrons. The summed E-state index contributed by atoms with van der Waals surface area (Å²) < 4.78 is 16.4. The first-order valence-electron chi connectivity index (χ1n) is 9.55. The molecule has 2 aliphatic rings. The van der Waals surface area contributed by atoms with Gasteiger partial charge >= 0.3 is 0 Å². The van der Waals surface area contributed by atoms with E-state index in [9.17, 15) is 4.79 Å². The lowest BCUT2D eigenvalue weighted by molar-refractivity contribution is -0.120. The minimum atomic E-state index is -0.314. The molecule has 2 heterocycles. The number of allylic oxidation sites excluding steroid dienone is 1. The largest absolute Gasteiger partial charge is 0.454 e. The van der Waals surface area contributed by atoms with Gasteiger partial charge < -0.3 is 19.2 Å². The summed E-state index contributed by atoms with van der Waals surface area (Å²) in [6.45, 7) is 2.72. The zero-order valence-corrected chi connectivity index (χ0v) is 16.6. The van der Waals surface area contributed by atoms with Crippen LogP contribution in [0.3, 0.4) is 0 Å². The van der Waals surface area contributed by atoms with E-state index in [-0.39, 0.29) is 18.0 Å². The lowest BCUT2D eigenvalue weighted by atomic mass is 9.97. The van der Waals surface area contributed by atoms with Gasteiger partial charge in [0.2, 0.25) is 18.6 Å². The highest BCUT2D eigenvalue weighted by atomic mass is 32.2. The molecule has 1 aliphatic carbocycles. The van der Waals surface area contributed by atoms with E-state index in [1.807, 2.05) is 19.1 Å². The number of nitrogens with one attached hydrogen (secondary N) is 1. The fourth-order valence-electron chi connectivity index (χ4n) is 3.23. The zero-order chi connectivity index (χ0) is 19.3. The van der Waals surface area contributed by atoms with Crippen molar-refractivity contribution >= 4 is 17.7 Å². The quantitative estimate of drug-likeness (QED) is 0.555. The van der Waals surface area contributed by atoms with Crippen molar-refractivity contribution in [3.8, 4) is 23.0 Å². The van der Waals surface area contributed by atoms with Crippen LogP contribution in [0.2, 0.25) is 0 Å². The van der Waals surface area contributed by atoms with E-state index in [0.29, 0.717) is 29.2 Å². The second-order valence-electron chi connectivity index (χ2n) is 6.85. The summed E-state index contributed by atoms with van der Waals surface area (Å²) in [4.78, 5) is 12.3. The summed E-state index contributed by atoms with van der Waals surface area (Å²) in [7, 11) is 0. The molecule has 0 bridgehead atoms. The third-order valence-electron chi connectivity index (χ3n) is 4.80. The molecule has 1 aromatic heterocycles. The van der Waals surface area contributed by atoms with Gasteiger partial charge in [-0.25, -0.2) is 0 Å². The van der Waals surface area contributed by atoms with Crippen molar-refractivity contribution < 1.29 is 18.7 Å². The first-order valence-corrected chi connectivity index (χ1v) is 10.4. The molecule has 4 rings (SSSR count). The van der Waals surface area contributed by atoms with E-state index < -0.39 is 0 Å². The fourth-order valence-corrected chi connectivity index (χ4v) is 3.94. The number of nitrogens with zero attached hydrogens (tertiary/aromatic N) is 2. The van der Waals surface area contributed by atoms with Crippen molar-refractivity contribution in [2.45, 2.75) is 49.5 Å². The lowest BCUT2D eigenvalue weighted by Gasteiger charge is -2.14. The normalized spacial score (nSPS) is 16.5. The number of carbonyl (C=O) groups excluding carboxylic acids is 1. The van der Waals surface area contributed by atoms with Crippen LogP contribution in [0.5, 0.6) is 11.5 Å². The first-order chi connectivity index (χ1) is 13.7. The molecule has 28 heavy (non-hydrogen) atoms. The second kappa shape index (κ2) is 8.68. The lowest BCUT2D eigenvalue weighted by Crippen LogP contribution is -2.31. The number of amides is 1. The molecule has 0 saturated carbocycles. The van der Waals surface area contributed by atoms with Crippen molar-refractivity contribution in [2.75, 3.05) is 13.3 Å². The minimum absolute atomic E-state index is 0.0239. The highest BCUT2D eigenvalue weighted by Crippen LogP contribution is 2.36. The first kappa shape index (κ1) is 18.9. The predicted molar refractivity (Wildman–Crippen MR) is 105 cm³/mol. The van der Waals surface area contributed by atoms with Crippen LogP contribution in [0, 0.1) is 0 Å². The Kier molecular flexibility index (Phi) is 5.85. The molecule has 7 nitrogen and oxygen atoms in total. The van der Waals surface area contributed by atoms with Gasteiger partial charge in [0.15, 0.2) is 11.5 Å². The van der Waals surface area contributed by atoms with E-state index in [4.69, 9.17) is 13.9 Å². The number of thioether (sulfide) groups is 1. The van der Waals surface area contributed by atoms with Crippen molar-refractivity contribution in [1.82, 2.24) is 15.5 Å². The molecule has 0 unspecified atom stereocenters. The van der Waals surface area contributed by atoms with E-state index in [1.165, 1.54) is 36.6 Å². The van der Waals surface area contributed by atoms with Crippen LogP contribution in [0.1, 0.15) is 39.0 Å². The van der Waals surface area contributed by atoms with Gasteiger partial charge in [-0.05, 0) is 57.2 Å². The molecule has 1 N–H and O–H groups in total. The highest BCUT2D eigenvalue weighted by molar-refractivity contribution is 8.00.